The molecule has 1 saturated heterocycles. The van der Waals surface area contributed by atoms with Crippen molar-refractivity contribution < 1.29 is 0 Å². The monoisotopic (exact) mass is 408 g/mol. The molecule has 6 nitrogen and oxygen atoms in total. The first kappa shape index (κ1) is 18.1. The predicted molar refractivity (Wildman–Crippen MR) is 125 cm³/mol. The molecule has 0 spiro atoms. The second-order valence-electron chi connectivity index (χ2n) is 8.61. The van der Waals surface area contributed by atoms with Gasteiger partial charge in [0.1, 0.15) is 5.82 Å². The van der Waals surface area contributed by atoms with Gasteiger partial charge in [-0.2, -0.15) is 14.7 Å². The van der Waals surface area contributed by atoms with Gasteiger partial charge in [0, 0.05) is 30.8 Å². The summed E-state index contributed by atoms with van der Waals surface area (Å²) < 4.78 is 1.97. The molecule has 2 aliphatic rings. The summed E-state index contributed by atoms with van der Waals surface area (Å²) in [6, 6.07) is 22.6. The fraction of sp³-hybridized carbons (Fsp3) is 0.240. The highest BCUT2D eigenvalue weighted by Crippen LogP contribution is 2.46. The summed E-state index contributed by atoms with van der Waals surface area (Å²) in [5.74, 6) is 3.48. The van der Waals surface area contributed by atoms with E-state index in [2.05, 4.69) is 52.7 Å². The molecule has 4 aromatic rings. The molecule has 3 heterocycles. The first-order valence-electron chi connectivity index (χ1n) is 10.8. The fourth-order valence-corrected chi connectivity index (χ4v) is 4.50. The maximum atomic E-state index is 4.89. The van der Waals surface area contributed by atoms with Gasteiger partial charge in [-0.05, 0) is 30.7 Å². The van der Waals surface area contributed by atoms with Crippen LogP contribution in [0, 0.1) is 18.8 Å². The number of nitrogens with one attached hydrogen (secondary N) is 1. The lowest BCUT2D eigenvalue weighted by Gasteiger charge is -2.21. The summed E-state index contributed by atoms with van der Waals surface area (Å²) >= 11 is 0. The normalized spacial score (nSPS) is 19.8. The Labute approximate surface area is 181 Å². The molecule has 31 heavy (non-hydrogen) atoms. The minimum atomic E-state index is 0.728. The molecule has 1 aliphatic heterocycles. The van der Waals surface area contributed by atoms with Gasteiger partial charge >= 0.3 is 0 Å². The quantitative estimate of drug-likeness (QED) is 0.387. The zero-order valence-electron chi connectivity index (χ0n) is 17.4. The van der Waals surface area contributed by atoms with Gasteiger partial charge in [0.05, 0.1) is 11.9 Å². The molecule has 2 unspecified atom stereocenters. The molecule has 154 valence electrons. The molecule has 1 saturated carbocycles. The topological polar surface area (TPSA) is 57.8 Å². The lowest BCUT2D eigenvalue weighted by atomic mass is 10.2. The second-order valence-corrected chi connectivity index (χ2v) is 8.61. The highest BCUT2D eigenvalue weighted by Gasteiger charge is 2.45. The SMILES string of the molecule is Cc1cccc(/C=N/Nc2cc(N3CC4CC4C3)n3nc(-c4ccccc4)cc3n2)c1. The van der Waals surface area contributed by atoms with E-state index < -0.39 is 0 Å². The van der Waals surface area contributed by atoms with Crippen LogP contribution in [-0.2, 0) is 0 Å². The van der Waals surface area contributed by atoms with Crippen molar-refractivity contribution in [3.05, 3.63) is 77.9 Å². The van der Waals surface area contributed by atoms with Crippen molar-refractivity contribution in [2.45, 2.75) is 13.3 Å². The Balaban J connectivity index is 1.36. The summed E-state index contributed by atoms with van der Waals surface area (Å²) in [6.07, 6.45) is 3.19. The summed E-state index contributed by atoms with van der Waals surface area (Å²) in [7, 11) is 0. The molecule has 0 bridgehead atoms. The van der Waals surface area contributed by atoms with Gasteiger partial charge in [-0.1, -0.05) is 60.2 Å². The molecule has 1 N–H and O–H groups in total. The average Bonchev–Trinajstić information content (AvgIpc) is 3.19. The van der Waals surface area contributed by atoms with E-state index in [1.807, 2.05) is 47.1 Å². The standard InChI is InChI=1S/C25H24N6/c1-17-6-5-7-18(10-17)14-26-28-23-13-25(30-15-20-11-21(20)16-30)31-24(27-23)12-22(29-31)19-8-3-2-4-9-19/h2-10,12-14,20-21H,11,15-16H2,1H3,(H,27,28)/b26-14+. The van der Waals surface area contributed by atoms with E-state index in [1.165, 1.54) is 12.0 Å². The van der Waals surface area contributed by atoms with Gasteiger partial charge in [-0.15, -0.1) is 0 Å². The van der Waals surface area contributed by atoms with Crippen molar-refractivity contribution in [3.63, 3.8) is 0 Å². The highest BCUT2D eigenvalue weighted by molar-refractivity contribution is 5.80. The first-order valence-corrected chi connectivity index (χ1v) is 10.8. The van der Waals surface area contributed by atoms with Crippen LogP contribution >= 0.6 is 0 Å². The van der Waals surface area contributed by atoms with E-state index in [4.69, 9.17) is 10.1 Å². The average molecular weight is 409 g/mol. The fourth-order valence-electron chi connectivity index (χ4n) is 4.50. The van der Waals surface area contributed by atoms with Gasteiger partial charge in [0.2, 0.25) is 0 Å². The molecule has 2 aromatic carbocycles. The Morgan fingerprint density at radius 3 is 2.65 bits per heavy atom. The van der Waals surface area contributed by atoms with Gasteiger partial charge in [-0.25, -0.2) is 4.98 Å². The van der Waals surface area contributed by atoms with Crippen molar-refractivity contribution in [2.24, 2.45) is 16.9 Å². The van der Waals surface area contributed by atoms with Crippen LogP contribution in [0.25, 0.3) is 16.9 Å². The van der Waals surface area contributed by atoms with Crippen molar-refractivity contribution >= 4 is 23.5 Å². The van der Waals surface area contributed by atoms with E-state index in [9.17, 15) is 0 Å². The summed E-state index contributed by atoms with van der Waals surface area (Å²) in [5.41, 5.74) is 8.25. The third-order valence-corrected chi connectivity index (χ3v) is 6.22. The molecular formula is C25H24N6. The number of aromatic nitrogens is 3. The molecule has 0 amide bonds. The molecule has 2 fully saturated rings. The van der Waals surface area contributed by atoms with Gasteiger partial charge in [0.15, 0.2) is 11.5 Å². The third kappa shape index (κ3) is 3.54. The largest absolute Gasteiger partial charge is 0.356 e. The molecule has 6 heteroatoms. The van der Waals surface area contributed by atoms with Crippen LogP contribution in [0.5, 0.6) is 0 Å². The summed E-state index contributed by atoms with van der Waals surface area (Å²) in [4.78, 5) is 7.22. The molecule has 1 aliphatic carbocycles. The van der Waals surface area contributed by atoms with Crippen molar-refractivity contribution in [1.82, 2.24) is 14.6 Å². The lowest BCUT2D eigenvalue weighted by Crippen LogP contribution is -2.24. The van der Waals surface area contributed by atoms with Crippen LogP contribution in [-0.4, -0.2) is 33.9 Å². The molecular weight excluding hydrogens is 384 g/mol. The van der Waals surface area contributed by atoms with Gasteiger partial charge < -0.3 is 4.90 Å². The Morgan fingerprint density at radius 1 is 1.00 bits per heavy atom. The second kappa shape index (κ2) is 7.23. The molecule has 0 radical (unpaired) electrons. The van der Waals surface area contributed by atoms with Gasteiger partial charge in [0.25, 0.3) is 0 Å². The predicted octanol–water partition coefficient (Wildman–Crippen LogP) is 4.61. The van der Waals surface area contributed by atoms with Crippen LogP contribution in [0.15, 0.2) is 71.8 Å². The van der Waals surface area contributed by atoms with Crippen LogP contribution < -0.4 is 10.3 Å². The van der Waals surface area contributed by atoms with E-state index in [0.29, 0.717) is 0 Å². The minimum absolute atomic E-state index is 0.728. The maximum Gasteiger partial charge on any atom is 0.160 e. The lowest BCUT2D eigenvalue weighted by molar-refractivity contribution is 0.775. The third-order valence-electron chi connectivity index (χ3n) is 6.22. The van der Waals surface area contributed by atoms with Crippen LogP contribution in [0.4, 0.5) is 11.6 Å². The van der Waals surface area contributed by atoms with Crippen molar-refractivity contribution in [2.75, 3.05) is 23.4 Å². The number of anilines is 2. The Hall–Kier alpha value is -3.67. The zero-order chi connectivity index (χ0) is 20.8. The number of nitrogens with zero attached hydrogens (tertiary/aromatic N) is 5. The number of piperidine rings is 1. The van der Waals surface area contributed by atoms with E-state index >= 15 is 0 Å². The van der Waals surface area contributed by atoms with Crippen molar-refractivity contribution in [3.8, 4) is 11.3 Å². The molecule has 2 aromatic heterocycles. The number of hydrazone groups is 1. The maximum absolute atomic E-state index is 4.89. The number of fused-ring (bicyclic) bond motifs is 2. The zero-order valence-corrected chi connectivity index (χ0v) is 17.4. The number of aryl methyl sites for hydroxylation is 1. The number of hydrogen-bond acceptors (Lipinski definition) is 5. The Bertz CT molecular complexity index is 1270. The van der Waals surface area contributed by atoms with E-state index in [-0.39, 0.29) is 0 Å². The summed E-state index contributed by atoms with van der Waals surface area (Å²) in [6.45, 7) is 4.27. The highest BCUT2D eigenvalue weighted by atomic mass is 15.4. The molecule has 2 atom stereocenters. The van der Waals surface area contributed by atoms with E-state index in [1.54, 1.807) is 0 Å². The Kier molecular flexibility index (Phi) is 4.23. The van der Waals surface area contributed by atoms with Crippen LogP contribution in [0.3, 0.4) is 0 Å². The Morgan fingerprint density at radius 2 is 1.84 bits per heavy atom. The number of hydrogen-bond donors (Lipinski definition) is 1. The van der Waals surface area contributed by atoms with Crippen LogP contribution in [0.1, 0.15) is 17.5 Å². The first-order chi connectivity index (χ1) is 15.2. The number of benzene rings is 2. The van der Waals surface area contributed by atoms with Crippen molar-refractivity contribution in [1.29, 1.82) is 0 Å². The van der Waals surface area contributed by atoms with Crippen LogP contribution in [0.2, 0.25) is 0 Å². The van der Waals surface area contributed by atoms with E-state index in [0.717, 1.165) is 59.0 Å². The smallest absolute Gasteiger partial charge is 0.160 e. The minimum Gasteiger partial charge on any atom is -0.356 e. The summed E-state index contributed by atoms with van der Waals surface area (Å²) in [5, 5.41) is 9.32. The van der Waals surface area contributed by atoms with Gasteiger partial charge in [-0.3, -0.25) is 5.43 Å². The number of rotatable bonds is 5. The molecule has 6 rings (SSSR count).